The molecule has 3 nitrogen and oxygen atoms in total. The number of hydrogen-bond acceptors (Lipinski definition) is 2. The van der Waals surface area contributed by atoms with E-state index in [9.17, 15) is 4.79 Å². The second-order valence-corrected chi connectivity index (χ2v) is 1.22. The molecule has 0 spiro atoms. The molecule has 0 aliphatic heterocycles. The van der Waals surface area contributed by atoms with Gasteiger partial charge in [0.15, 0.2) is 0 Å². The Labute approximate surface area is 61.4 Å². The molecule has 0 saturated carbocycles. The van der Waals surface area contributed by atoms with Gasteiger partial charge in [-0.05, 0) is 6.42 Å². The Kier molecular flexibility index (Phi) is 9.59. The van der Waals surface area contributed by atoms with E-state index in [0.29, 0.717) is 6.42 Å². The number of aliphatic hydroxyl groups excluding tert-OH is 1. The third-order valence-corrected chi connectivity index (χ3v) is 0.549. The predicted molar refractivity (Wildman–Crippen MR) is 25.1 cm³/mol. The zero-order valence-electron chi connectivity index (χ0n) is 5.92. The van der Waals surface area contributed by atoms with Gasteiger partial charge in [0.2, 0.25) is 0 Å². The minimum atomic E-state index is -0.853. The molecule has 0 aromatic carbocycles. The van der Waals surface area contributed by atoms with Crippen molar-refractivity contribution < 1.29 is 35.3 Å². The van der Waals surface area contributed by atoms with Gasteiger partial charge in [-0.25, -0.2) is 0 Å². The molecular formula is C4H9LiO3. The van der Waals surface area contributed by atoms with E-state index >= 15 is 0 Å². The van der Waals surface area contributed by atoms with Crippen molar-refractivity contribution in [1.29, 1.82) is 0 Å². The number of carbonyl (C=O) groups is 1. The summed E-state index contributed by atoms with van der Waals surface area (Å²) in [6.45, 7) is -0.0354. The Bertz CT molecular complexity index is 68.8. The van der Waals surface area contributed by atoms with Crippen LogP contribution in [0.25, 0.3) is 0 Å². The summed E-state index contributed by atoms with van der Waals surface area (Å²) in [5.41, 5.74) is 0. The van der Waals surface area contributed by atoms with Gasteiger partial charge in [0, 0.05) is 13.0 Å². The molecule has 0 unspecified atom stereocenters. The van der Waals surface area contributed by atoms with Crippen LogP contribution in [0, 0.1) is 0 Å². The molecule has 0 bridgehead atoms. The summed E-state index contributed by atoms with van der Waals surface area (Å²) >= 11 is 0. The summed E-state index contributed by atoms with van der Waals surface area (Å²) in [5, 5.41) is 16.0. The molecular weight excluding hydrogens is 103 g/mol. The van der Waals surface area contributed by atoms with E-state index in [1.807, 2.05) is 0 Å². The van der Waals surface area contributed by atoms with Crippen molar-refractivity contribution in [3.63, 3.8) is 0 Å². The molecule has 0 saturated heterocycles. The predicted octanol–water partition coefficient (Wildman–Crippen LogP) is -3.04. The number of hydrogen-bond donors (Lipinski definition) is 2. The summed E-state index contributed by atoms with van der Waals surface area (Å²) in [4.78, 5) is 9.65. The molecule has 0 aromatic heterocycles. The zero-order chi connectivity index (χ0) is 5.70. The van der Waals surface area contributed by atoms with Crippen molar-refractivity contribution in [2.45, 2.75) is 12.8 Å². The second-order valence-electron chi connectivity index (χ2n) is 1.22. The molecule has 0 atom stereocenters. The quantitative estimate of drug-likeness (QED) is 0.381. The van der Waals surface area contributed by atoms with Crippen molar-refractivity contribution in [2.24, 2.45) is 0 Å². The molecule has 0 aliphatic rings. The van der Waals surface area contributed by atoms with Crippen molar-refractivity contribution in [2.75, 3.05) is 6.61 Å². The van der Waals surface area contributed by atoms with E-state index in [1.165, 1.54) is 0 Å². The third kappa shape index (κ3) is 9.39. The molecule has 0 aliphatic carbocycles. The first-order valence-corrected chi connectivity index (χ1v) is 2.10. The van der Waals surface area contributed by atoms with Crippen molar-refractivity contribution in [1.82, 2.24) is 0 Å². The van der Waals surface area contributed by atoms with Crippen LogP contribution in [0.4, 0.5) is 0 Å². The minimum Gasteiger partial charge on any atom is -1.00 e. The molecule has 0 rings (SSSR count). The summed E-state index contributed by atoms with van der Waals surface area (Å²) < 4.78 is 0. The standard InChI is InChI=1S/C4H8O3.Li.H/c5-3-1-2-4(6)7;;/h5H,1-3H2,(H,6,7);;/q;+1;-1. The Morgan fingerprint density at radius 1 is 1.62 bits per heavy atom. The van der Waals surface area contributed by atoms with Gasteiger partial charge in [0.05, 0.1) is 0 Å². The van der Waals surface area contributed by atoms with Gasteiger partial charge in [0.1, 0.15) is 0 Å². The third-order valence-electron chi connectivity index (χ3n) is 0.549. The Hall–Kier alpha value is 0.0274. The molecule has 0 heterocycles. The summed E-state index contributed by atoms with van der Waals surface area (Å²) in [7, 11) is 0. The molecule has 2 N–H and O–H groups in total. The fraction of sp³-hybridized carbons (Fsp3) is 0.750. The van der Waals surface area contributed by atoms with E-state index in [4.69, 9.17) is 10.2 Å². The fourth-order valence-electron chi connectivity index (χ4n) is 0.230. The Balaban J connectivity index is -0.000000180. The first kappa shape index (κ1) is 10.9. The van der Waals surface area contributed by atoms with Crippen LogP contribution < -0.4 is 18.9 Å². The van der Waals surface area contributed by atoms with Crippen LogP contribution in [0.3, 0.4) is 0 Å². The maximum Gasteiger partial charge on any atom is 1.00 e. The smallest absolute Gasteiger partial charge is 1.00 e. The van der Waals surface area contributed by atoms with Crippen LogP contribution in [-0.4, -0.2) is 22.8 Å². The largest absolute Gasteiger partial charge is 1.00 e. The average Bonchev–Trinajstić information content (AvgIpc) is 1.61. The van der Waals surface area contributed by atoms with E-state index < -0.39 is 5.97 Å². The second kappa shape index (κ2) is 7.03. The maximum atomic E-state index is 9.65. The average molecular weight is 112 g/mol. The number of rotatable bonds is 3. The van der Waals surface area contributed by atoms with Crippen molar-refractivity contribution in [3.05, 3.63) is 0 Å². The van der Waals surface area contributed by atoms with Crippen LogP contribution in [0.2, 0.25) is 0 Å². The number of carboxylic acids is 1. The van der Waals surface area contributed by atoms with Crippen molar-refractivity contribution in [3.8, 4) is 0 Å². The van der Waals surface area contributed by atoms with Crippen molar-refractivity contribution >= 4 is 5.97 Å². The van der Waals surface area contributed by atoms with Gasteiger partial charge in [-0.1, -0.05) is 0 Å². The van der Waals surface area contributed by atoms with Crippen LogP contribution in [0.1, 0.15) is 14.3 Å². The Morgan fingerprint density at radius 3 is 2.25 bits per heavy atom. The monoisotopic (exact) mass is 112 g/mol. The van der Waals surface area contributed by atoms with Gasteiger partial charge < -0.3 is 11.6 Å². The summed E-state index contributed by atoms with van der Waals surface area (Å²) in [6, 6.07) is 0. The van der Waals surface area contributed by atoms with E-state index in [2.05, 4.69) is 0 Å². The molecule has 44 valence electrons. The topological polar surface area (TPSA) is 57.5 Å². The minimum absolute atomic E-state index is 0. The first-order chi connectivity index (χ1) is 3.27. The van der Waals surface area contributed by atoms with Gasteiger partial charge in [-0.2, -0.15) is 0 Å². The molecule has 8 heavy (non-hydrogen) atoms. The van der Waals surface area contributed by atoms with E-state index in [1.54, 1.807) is 0 Å². The van der Waals surface area contributed by atoms with Gasteiger partial charge in [0.25, 0.3) is 0 Å². The Morgan fingerprint density at radius 2 is 2.12 bits per heavy atom. The van der Waals surface area contributed by atoms with Crippen LogP contribution in [0.15, 0.2) is 0 Å². The van der Waals surface area contributed by atoms with Gasteiger partial charge in [-0.15, -0.1) is 0 Å². The summed E-state index contributed by atoms with van der Waals surface area (Å²) in [6.07, 6.45) is 0.422. The van der Waals surface area contributed by atoms with Gasteiger partial charge in [-0.3, -0.25) is 4.79 Å². The van der Waals surface area contributed by atoms with E-state index in [-0.39, 0.29) is 33.3 Å². The molecule has 0 fully saturated rings. The fourth-order valence-corrected chi connectivity index (χ4v) is 0.230. The maximum absolute atomic E-state index is 9.65. The first-order valence-electron chi connectivity index (χ1n) is 2.10. The van der Waals surface area contributed by atoms with Gasteiger partial charge >= 0.3 is 24.8 Å². The SMILES string of the molecule is O=C(O)CCCO.[H-].[Li+]. The number of carboxylic acid groups (broad SMARTS) is 1. The normalized spacial score (nSPS) is 7.62. The van der Waals surface area contributed by atoms with Crippen LogP contribution in [0.5, 0.6) is 0 Å². The number of aliphatic carboxylic acids is 1. The molecule has 0 amide bonds. The number of aliphatic hydroxyl groups is 1. The van der Waals surface area contributed by atoms with Crippen LogP contribution >= 0.6 is 0 Å². The molecule has 0 radical (unpaired) electrons. The zero-order valence-corrected chi connectivity index (χ0v) is 4.92. The summed E-state index contributed by atoms with van der Waals surface area (Å²) in [5.74, 6) is -0.853. The molecule has 4 heteroatoms. The van der Waals surface area contributed by atoms with Crippen LogP contribution in [-0.2, 0) is 4.79 Å². The van der Waals surface area contributed by atoms with E-state index in [0.717, 1.165) is 0 Å². The molecule has 0 aromatic rings.